The largest absolute Gasteiger partial charge is 0.300 e. The highest BCUT2D eigenvalue weighted by molar-refractivity contribution is 7.14. The van der Waals surface area contributed by atoms with Gasteiger partial charge in [0.1, 0.15) is 6.54 Å². The Balaban J connectivity index is 1.25. The SMILES string of the molecule is O=C(CN1C(=O)[C@H]2CCCC[C@H]2C1=O)Nc1nc(-c2ccc3c(c2)CCCC3)cs1. The molecule has 1 N–H and O–H groups in total. The van der Waals surface area contributed by atoms with Gasteiger partial charge >= 0.3 is 0 Å². The second-order valence-electron chi connectivity index (χ2n) is 8.54. The van der Waals surface area contributed by atoms with Crippen molar-refractivity contribution < 1.29 is 14.4 Å². The van der Waals surface area contributed by atoms with E-state index in [1.54, 1.807) is 0 Å². The summed E-state index contributed by atoms with van der Waals surface area (Å²) in [7, 11) is 0. The number of rotatable bonds is 4. The smallest absolute Gasteiger partial charge is 0.246 e. The van der Waals surface area contributed by atoms with E-state index in [-0.39, 0.29) is 36.1 Å². The molecular formula is C23H25N3O3S. The predicted octanol–water partition coefficient (Wildman–Crippen LogP) is 3.80. The van der Waals surface area contributed by atoms with Crippen molar-refractivity contribution in [2.24, 2.45) is 11.8 Å². The Morgan fingerprint density at radius 3 is 2.47 bits per heavy atom. The van der Waals surface area contributed by atoms with Crippen molar-refractivity contribution in [3.8, 4) is 11.3 Å². The van der Waals surface area contributed by atoms with Gasteiger partial charge in [-0.1, -0.05) is 25.0 Å². The molecule has 5 rings (SSSR count). The molecule has 1 saturated carbocycles. The Hall–Kier alpha value is -2.54. The number of carbonyl (C=O) groups is 3. The molecular weight excluding hydrogens is 398 g/mol. The number of hydrogen-bond donors (Lipinski definition) is 1. The van der Waals surface area contributed by atoms with Gasteiger partial charge in [0.2, 0.25) is 17.7 Å². The number of likely N-dealkylation sites (tertiary alicyclic amines) is 1. The van der Waals surface area contributed by atoms with Crippen molar-refractivity contribution in [3.05, 3.63) is 34.7 Å². The van der Waals surface area contributed by atoms with Gasteiger partial charge in [-0.2, -0.15) is 0 Å². The topological polar surface area (TPSA) is 79.4 Å². The zero-order chi connectivity index (χ0) is 20.7. The molecule has 2 heterocycles. The highest BCUT2D eigenvalue weighted by Gasteiger charge is 2.48. The second kappa shape index (κ2) is 7.95. The monoisotopic (exact) mass is 423 g/mol. The minimum Gasteiger partial charge on any atom is -0.300 e. The maximum atomic E-state index is 12.6. The lowest BCUT2D eigenvalue weighted by Gasteiger charge is -2.19. The molecule has 2 atom stereocenters. The number of carbonyl (C=O) groups excluding carboxylic acids is 3. The summed E-state index contributed by atoms with van der Waals surface area (Å²) in [6, 6.07) is 6.48. The van der Waals surface area contributed by atoms with Gasteiger partial charge < -0.3 is 5.32 Å². The molecule has 0 unspecified atom stereocenters. The fourth-order valence-corrected chi connectivity index (χ4v) is 5.78. The first kappa shape index (κ1) is 19.4. The fourth-order valence-electron chi connectivity index (χ4n) is 5.05. The molecule has 7 heteroatoms. The minimum atomic E-state index is -0.373. The average Bonchev–Trinajstić information content (AvgIpc) is 3.32. The van der Waals surface area contributed by atoms with Crippen LogP contribution in [0.15, 0.2) is 23.6 Å². The van der Waals surface area contributed by atoms with Gasteiger partial charge in [-0.15, -0.1) is 11.3 Å². The number of anilines is 1. The Morgan fingerprint density at radius 1 is 1.03 bits per heavy atom. The zero-order valence-corrected chi connectivity index (χ0v) is 17.7. The molecule has 3 aliphatic rings. The van der Waals surface area contributed by atoms with E-state index in [2.05, 4.69) is 28.5 Å². The lowest BCUT2D eigenvalue weighted by atomic mass is 9.81. The molecule has 156 valence electrons. The van der Waals surface area contributed by atoms with Gasteiger partial charge in [0.05, 0.1) is 17.5 Å². The summed E-state index contributed by atoms with van der Waals surface area (Å²) in [5.41, 5.74) is 4.71. The van der Waals surface area contributed by atoms with Crippen LogP contribution in [0.5, 0.6) is 0 Å². The standard InChI is InChI=1S/C23H25N3O3S/c27-20(12-26-21(28)17-7-3-4-8-18(17)22(26)29)25-23-24-19(13-30-23)16-10-9-14-5-1-2-6-15(14)11-16/h9-11,13,17-18H,1-8,12H2,(H,24,25,27)/t17-,18+. The summed E-state index contributed by atoms with van der Waals surface area (Å²) < 4.78 is 0. The first-order chi connectivity index (χ1) is 14.6. The number of aryl methyl sites for hydroxylation is 2. The lowest BCUT2D eigenvalue weighted by Crippen LogP contribution is -2.38. The molecule has 0 radical (unpaired) electrons. The van der Waals surface area contributed by atoms with E-state index in [0.29, 0.717) is 5.13 Å². The minimum absolute atomic E-state index is 0.186. The second-order valence-corrected chi connectivity index (χ2v) is 9.39. The molecule has 2 fully saturated rings. The number of nitrogens with one attached hydrogen (secondary N) is 1. The van der Waals surface area contributed by atoms with Crippen LogP contribution in [-0.2, 0) is 27.2 Å². The molecule has 1 aromatic heterocycles. The molecule has 1 aliphatic heterocycles. The van der Waals surface area contributed by atoms with E-state index in [4.69, 9.17) is 0 Å². The van der Waals surface area contributed by atoms with Crippen LogP contribution >= 0.6 is 11.3 Å². The number of aromatic nitrogens is 1. The molecule has 3 amide bonds. The van der Waals surface area contributed by atoms with Crippen molar-refractivity contribution in [1.82, 2.24) is 9.88 Å². The molecule has 1 saturated heterocycles. The molecule has 0 bridgehead atoms. The van der Waals surface area contributed by atoms with Crippen molar-refractivity contribution in [3.63, 3.8) is 0 Å². The molecule has 30 heavy (non-hydrogen) atoms. The maximum Gasteiger partial charge on any atom is 0.246 e. The number of amides is 3. The maximum absolute atomic E-state index is 12.6. The van der Waals surface area contributed by atoms with Crippen molar-refractivity contribution >= 4 is 34.2 Å². The van der Waals surface area contributed by atoms with Crippen LogP contribution in [0.25, 0.3) is 11.3 Å². The van der Waals surface area contributed by atoms with Crippen molar-refractivity contribution in [1.29, 1.82) is 0 Å². The Kier molecular flexibility index (Phi) is 5.15. The summed E-state index contributed by atoms with van der Waals surface area (Å²) in [4.78, 5) is 43.3. The molecule has 2 aromatic rings. The van der Waals surface area contributed by atoms with E-state index in [0.717, 1.165) is 54.7 Å². The summed E-state index contributed by atoms with van der Waals surface area (Å²) in [6.45, 7) is -0.224. The van der Waals surface area contributed by atoms with E-state index in [1.165, 1.54) is 35.3 Å². The Morgan fingerprint density at radius 2 is 1.73 bits per heavy atom. The fraction of sp³-hybridized carbons (Fsp3) is 0.478. The summed E-state index contributed by atoms with van der Waals surface area (Å²) in [5.74, 6) is -1.20. The van der Waals surface area contributed by atoms with Crippen molar-refractivity contribution in [2.45, 2.75) is 51.4 Å². The first-order valence-corrected chi connectivity index (χ1v) is 11.7. The molecule has 6 nitrogen and oxygen atoms in total. The van der Waals surface area contributed by atoms with Crippen molar-refractivity contribution in [2.75, 3.05) is 11.9 Å². The number of imide groups is 1. The normalized spacial score (nSPS) is 23.3. The quantitative estimate of drug-likeness (QED) is 0.759. The van der Waals surface area contributed by atoms with Gasteiger partial charge in [-0.05, 0) is 55.7 Å². The van der Waals surface area contributed by atoms with E-state index < -0.39 is 0 Å². The molecule has 1 aromatic carbocycles. The number of hydrogen-bond acceptors (Lipinski definition) is 5. The van der Waals surface area contributed by atoms with Gasteiger partial charge in [-0.25, -0.2) is 4.98 Å². The van der Waals surface area contributed by atoms with Crippen LogP contribution in [0, 0.1) is 11.8 Å². The predicted molar refractivity (Wildman–Crippen MR) is 115 cm³/mol. The van der Waals surface area contributed by atoms with Gasteiger partial charge in [0.25, 0.3) is 0 Å². The van der Waals surface area contributed by atoms with Crippen LogP contribution in [0.1, 0.15) is 49.7 Å². The van der Waals surface area contributed by atoms with E-state index in [9.17, 15) is 14.4 Å². The Bertz CT molecular complexity index is 991. The van der Waals surface area contributed by atoms with E-state index >= 15 is 0 Å². The Labute approximate surface area is 179 Å². The molecule has 0 spiro atoms. The van der Waals surface area contributed by atoms with Crippen LogP contribution in [0.3, 0.4) is 0 Å². The zero-order valence-electron chi connectivity index (χ0n) is 16.9. The highest BCUT2D eigenvalue weighted by atomic mass is 32.1. The number of thiazole rings is 1. The summed E-state index contributed by atoms with van der Waals surface area (Å²) in [6.07, 6.45) is 8.19. The molecule has 2 aliphatic carbocycles. The average molecular weight is 424 g/mol. The van der Waals surface area contributed by atoms with Crippen LogP contribution < -0.4 is 5.32 Å². The number of fused-ring (bicyclic) bond motifs is 2. The number of nitrogens with zero attached hydrogens (tertiary/aromatic N) is 2. The first-order valence-electron chi connectivity index (χ1n) is 10.8. The van der Waals surface area contributed by atoms with Gasteiger partial charge in [-0.3, -0.25) is 19.3 Å². The summed E-state index contributed by atoms with van der Waals surface area (Å²) >= 11 is 1.36. The highest BCUT2D eigenvalue weighted by Crippen LogP contribution is 2.38. The lowest BCUT2D eigenvalue weighted by molar-refractivity contribution is -0.142. The van der Waals surface area contributed by atoms with Gasteiger partial charge in [0.15, 0.2) is 5.13 Å². The third kappa shape index (κ3) is 3.55. The van der Waals surface area contributed by atoms with Crippen LogP contribution in [0.2, 0.25) is 0 Å². The summed E-state index contributed by atoms with van der Waals surface area (Å²) in [5, 5.41) is 5.19. The number of benzene rings is 1. The third-order valence-electron chi connectivity index (χ3n) is 6.63. The van der Waals surface area contributed by atoms with Crippen LogP contribution in [-0.4, -0.2) is 34.2 Å². The van der Waals surface area contributed by atoms with Gasteiger partial charge in [0, 0.05) is 10.9 Å². The van der Waals surface area contributed by atoms with E-state index in [1.807, 2.05) is 5.38 Å². The van der Waals surface area contributed by atoms with Crippen LogP contribution in [0.4, 0.5) is 5.13 Å². The third-order valence-corrected chi connectivity index (χ3v) is 7.39.